The van der Waals surface area contributed by atoms with E-state index in [1.54, 1.807) is 76.2 Å². The van der Waals surface area contributed by atoms with Crippen molar-refractivity contribution in [2.45, 2.75) is 52.2 Å². The van der Waals surface area contributed by atoms with E-state index in [9.17, 15) is 14.4 Å². The van der Waals surface area contributed by atoms with Gasteiger partial charge >= 0.3 is 18.0 Å². The lowest BCUT2D eigenvalue weighted by Gasteiger charge is -2.19. The van der Waals surface area contributed by atoms with Crippen molar-refractivity contribution in [3.8, 4) is 5.75 Å². The van der Waals surface area contributed by atoms with Crippen molar-refractivity contribution in [2.24, 2.45) is 0 Å². The summed E-state index contributed by atoms with van der Waals surface area (Å²) < 4.78 is 15.7. The summed E-state index contributed by atoms with van der Waals surface area (Å²) in [5, 5.41) is 11.8. The van der Waals surface area contributed by atoms with Gasteiger partial charge in [0.1, 0.15) is 11.4 Å². The fourth-order valence-corrected chi connectivity index (χ4v) is 2.79. The Morgan fingerprint density at radius 2 is 1.56 bits per heavy atom. The summed E-state index contributed by atoms with van der Waals surface area (Å²) in [4.78, 5) is 35.2. The summed E-state index contributed by atoms with van der Waals surface area (Å²) >= 11 is 0. The number of benzene rings is 2. The zero-order valence-electron chi connectivity index (χ0n) is 18.7. The number of ether oxygens (including phenoxy) is 3. The number of carbonyl (C=O) groups is 3. The molecule has 0 aromatic heterocycles. The summed E-state index contributed by atoms with van der Waals surface area (Å²) in [5.41, 5.74) is 1.45. The molecule has 1 amide bonds. The molecule has 0 unspecified atom stereocenters. The monoisotopic (exact) mass is 443 g/mol. The maximum absolute atomic E-state index is 12.2. The van der Waals surface area contributed by atoms with Gasteiger partial charge in [0.2, 0.25) is 0 Å². The fourth-order valence-electron chi connectivity index (χ4n) is 2.79. The van der Waals surface area contributed by atoms with Crippen molar-refractivity contribution >= 4 is 23.7 Å². The van der Waals surface area contributed by atoms with Crippen molar-refractivity contribution in [1.29, 1.82) is 0 Å². The van der Waals surface area contributed by atoms with Gasteiger partial charge in [0.25, 0.3) is 0 Å². The molecule has 8 heteroatoms. The molecule has 0 aliphatic rings. The smallest absolute Gasteiger partial charge is 0.412 e. The van der Waals surface area contributed by atoms with Gasteiger partial charge in [0.15, 0.2) is 6.10 Å². The van der Waals surface area contributed by atoms with E-state index in [4.69, 9.17) is 19.3 Å². The normalized spacial score (nSPS) is 12.0. The first-order valence-corrected chi connectivity index (χ1v) is 10.3. The Morgan fingerprint density at radius 3 is 2.09 bits per heavy atom. The largest absolute Gasteiger partial charge is 0.479 e. The maximum atomic E-state index is 12.2. The number of carboxylic acids is 1. The molecule has 0 heterocycles. The van der Waals surface area contributed by atoms with Crippen LogP contribution in [0.3, 0.4) is 0 Å². The zero-order chi connectivity index (χ0) is 23.7. The molecule has 0 bridgehead atoms. The van der Waals surface area contributed by atoms with Crippen molar-refractivity contribution < 1.29 is 33.7 Å². The molecule has 2 aromatic rings. The highest BCUT2D eigenvalue weighted by Crippen LogP contribution is 2.17. The number of hydrogen-bond acceptors (Lipinski definition) is 6. The average Bonchev–Trinajstić information content (AvgIpc) is 2.69. The molecule has 2 N–H and O–H groups in total. The van der Waals surface area contributed by atoms with Crippen molar-refractivity contribution in [3.63, 3.8) is 0 Å². The van der Waals surface area contributed by atoms with Crippen molar-refractivity contribution in [3.05, 3.63) is 59.7 Å². The number of amides is 1. The van der Waals surface area contributed by atoms with Gasteiger partial charge < -0.3 is 19.3 Å². The van der Waals surface area contributed by atoms with E-state index in [1.165, 1.54) is 0 Å². The summed E-state index contributed by atoms with van der Waals surface area (Å²) in [7, 11) is 0. The van der Waals surface area contributed by atoms with Gasteiger partial charge in [0.05, 0.1) is 6.42 Å². The third-order valence-corrected chi connectivity index (χ3v) is 4.17. The zero-order valence-corrected chi connectivity index (χ0v) is 18.7. The summed E-state index contributed by atoms with van der Waals surface area (Å²) in [6.45, 7) is 7.39. The molecule has 0 aliphatic carbocycles. The number of hydrogen-bond donors (Lipinski definition) is 2. The van der Waals surface area contributed by atoms with E-state index >= 15 is 0 Å². The SMILES string of the molecule is CCO[C@@H](Cc1ccc(OC(=O)Cc2ccc(NC(=O)OC(C)(C)C)cc2)cc1)C(=O)O. The molecule has 172 valence electrons. The van der Waals surface area contributed by atoms with E-state index in [0.717, 1.165) is 11.1 Å². The van der Waals surface area contributed by atoms with Gasteiger partial charge in [-0.1, -0.05) is 24.3 Å². The average molecular weight is 443 g/mol. The highest BCUT2D eigenvalue weighted by molar-refractivity contribution is 5.85. The third-order valence-electron chi connectivity index (χ3n) is 4.17. The number of carboxylic acid groups (broad SMARTS) is 1. The molecule has 2 aromatic carbocycles. The first kappa shape index (κ1) is 24.9. The van der Waals surface area contributed by atoms with Gasteiger partial charge in [-0.15, -0.1) is 0 Å². The number of esters is 1. The number of aliphatic carboxylic acids is 1. The number of nitrogens with one attached hydrogen (secondary N) is 1. The molecule has 8 nitrogen and oxygen atoms in total. The van der Waals surface area contributed by atoms with Crippen LogP contribution in [0.5, 0.6) is 5.75 Å². The molecule has 0 aliphatic heterocycles. The summed E-state index contributed by atoms with van der Waals surface area (Å²) in [6.07, 6.45) is -1.19. The van der Waals surface area contributed by atoms with Crippen LogP contribution in [0.2, 0.25) is 0 Å². The molecule has 32 heavy (non-hydrogen) atoms. The van der Waals surface area contributed by atoms with Crippen LogP contribution >= 0.6 is 0 Å². The van der Waals surface area contributed by atoms with E-state index in [0.29, 0.717) is 18.0 Å². The van der Waals surface area contributed by atoms with Crippen LogP contribution in [0, 0.1) is 0 Å². The molecule has 0 saturated heterocycles. The van der Waals surface area contributed by atoms with Gasteiger partial charge in [-0.05, 0) is 63.1 Å². The predicted octanol–water partition coefficient (Wildman–Crippen LogP) is 4.21. The number of anilines is 1. The Labute approximate surface area is 187 Å². The van der Waals surface area contributed by atoms with E-state index in [1.807, 2.05) is 0 Å². The number of rotatable bonds is 9. The van der Waals surface area contributed by atoms with Crippen LogP contribution in [-0.4, -0.2) is 41.5 Å². The first-order valence-electron chi connectivity index (χ1n) is 10.3. The molecule has 0 fully saturated rings. The fraction of sp³-hybridized carbons (Fsp3) is 0.375. The molecular formula is C24H29NO7. The minimum absolute atomic E-state index is 0.0555. The van der Waals surface area contributed by atoms with Gasteiger partial charge in [-0.25, -0.2) is 9.59 Å². The highest BCUT2D eigenvalue weighted by Gasteiger charge is 2.18. The minimum Gasteiger partial charge on any atom is -0.479 e. The Morgan fingerprint density at radius 1 is 0.969 bits per heavy atom. The second-order valence-electron chi connectivity index (χ2n) is 8.10. The molecule has 0 spiro atoms. The number of carbonyl (C=O) groups excluding carboxylic acids is 2. The quantitative estimate of drug-likeness (QED) is 0.441. The van der Waals surface area contributed by atoms with Crippen LogP contribution in [0.1, 0.15) is 38.8 Å². The maximum Gasteiger partial charge on any atom is 0.412 e. The minimum atomic E-state index is -1.02. The molecule has 1 atom stereocenters. The van der Waals surface area contributed by atoms with Crippen LogP contribution < -0.4 is 10.1 Å². The molecular weight excluding hydrogens is 414 g/mol. The van der Waals surface area contributed by atoms with E-state index < -0.39 is 29.7 Å². The molecule has 0 radical (unpaired) electrons. The standard InChI is InChI=1S/C24H29NO7/c1-5-30-20(22(27)28)14-16-8-12-19(13-9-16)31-21(26)15-17-6-10-18(11-7-17)25-23(29)32-24(2,3)4/h6-13,20H,5,14-15H2,1-4H3,(H,25,29)(H,27,28)/t20-/m0/s1. The second kappa shape index (κ2) is 11.3. The Balaban J connectivity index is 1.87. The van der Waals surface area contributed by atoms with Gasteiger partial charge in [0, 0.05) is 18.7 Å². The Bertz CT molecular complexity index is 915. The predicted molar refractivity (Wildman–Crippen MR) is 119 cm³/mol. The lowest BCUT2D eigenvalue weighted by molar-refractivity contribution is -0.150. The summed E-state index contributed by atoms with van der Waals surface area (Å²) in [5.74, 6) is -1.09. The first-order chi connectivity index (χ1) is 15.1. The molecule has 2 rings (SSSR count). The Kier molecular flexibility index (Phi) is 8.78. The van der Waals surface area contributed by atoms with Gasteiger partial charge in [-0.3, -0.25) is 10.1 Å². The van der Waals surface area contributed by atoms with Crippen LogP contribution in [0.25, 0.3) is 0 Å². The van der Waals surface area contributed by atoms with Crippen LogP contribution in [0.4, 0.5) is 10.5 Å². The van der Waals surface area contributed by atoms with Crippen LogP contribution in [0.15, 0.2) is 48.5 Å². The van der Waals surface area contributed by atoms with Gasteiger partial charge in [-0.2, -0.15) is 0 Å². The second-order valence-corrected chi connectivity index (χ2v) is 8.10. The van der Waals surface area contributed by atoms with Crippen molar-refractivity contribution in [1.82, 2.24) is 0 Å². The van der Waals surface area contributed by atoms with E-state index in [-0.39, 0.29) is 12.8 Å². The van der Waals surface area contributed by atoms with Crippen molar-refractivity contribution in [2.75, 3.05) is 11.9 Å². The Hall–Kier alpha value is -3.39. The third kappa shape index (κ3) is 8.77. The van der Waals surface area contributed by atoms with Crippen LogP contribution in [-0.2, 0) is 31.9 Å². The van der Waals surface area contributed by atoms with E-state index in [2.05, 4.69) is 5.32 Å². The lowest BCUT2D eigenvalue weighted by Crippen LogP contribution is -2.27. The summed E-state index contributed by atoms with van der Waals surface area (Å²) in [6, 6.07) is 13.4. The highest BCUT2D eigenvalue weighted by atomic mass is 16.6. The topological polar surface area (TPSA) is 111 Å². The lowest BCUT2D eigenvalue weighted by atomic mass is 10.1. The molecule has 0 saturated carbocycles.